The van der Waals surface area contributed by atoms with Crippen LogP contribution in [0.3, 0.4) is 0 Å². The van der Waals surface area contributed by atoms with E-state index < -0.39 is 0 Å². The number of halogens is 1. The number of furan rings is 1. The van der Waals surface area contributed by atoms with Crippen LogP contribution in [0.1, 0.15) is 25.3 Å². The minimum absolute atomic E-state index is 0.166. The fourth-order valence-electron chi connectivity index (χ4n) is 3.30. The van der Waals surface area contributed by atoms with Crippen molar-refractivity contribution < 1.29 is 9.21 Å². The summed E-state index contributed by atoms with van der Waals surface area (Å²) in [5.74, 6) is 1.46. The molecule has 3 aromatic rings. The van der Waals surface area contributed by atoms with Gasteiger partial charge in [-0.3, -0.25) is 9.36 Å². The van der Waals surface area contributed by atoms with Crippen molar-refractivity contribution in [3.63, 3.8) is 0 Å². The number of benzene rings is 1. The van der Waals surface area contributed by atoms with Crippen molar-refractivity contribution in [2.24, 2.45) is 0 Å². The molecule has 0 aliphatic carbocycles. The number of carbonyl (C=O) groups is 1. The van der Waals surface area contributed by atoms with E-state index in [1.165, 1.54) is 11.8 Å². The lowest BCUT2D eigenvalue weighted by Gasteiger charge is -2.20. The van der Waals surface area contributed by atoms with Crippen LogP contribution in [-0.4, -0.2) is 43.9 Å². The van der Waals surface area contributed by atoms with Gasteiger partial charge in [0.2, 0.25) is 11.7 Å². The quantitative estimate of drug-likeness (QED) is 0.508. The van der Waals surface area contributed by atoms with Gasteiger partial charge in [0.1, 0.15) is 0 Å². The number of carbonyl (C=O) groups excluding carboxylic acids is 1. The fraction of sp³-hybridized carbons (Fsp3) is 0.350. The summed E-state index contributed by atoms with van der Waals surface area (Å²) < 4.78 is 8.36. The standard InChI is InChI=1S/C20H21BrN4O2S/c1-14(19(26)24-11-5-6-12-24)28-20-23-22-18(16-9-10-17(21)27-16)25(20)13-15-7-3-2-4-8-15/h2-4,7-10,14H,5-6,11-13H2,1H3. The van der Waals surface area contributed by atoms with Crippen molar-refractivity contribution in [1.29, 1.82) is 0 Å². The minimum atomic E-state index is -0.215. The second-order valence-electron chi connectivity index (χ2n) is 6.77. The van der Waals surface area contributed by atoms with E-state index in [4.69, 9.17) is 4.42 Å². The van der Waals surface area contributed by atoms with Gasteiger partial charge in [-0.05, 0) is 53.4 Å². The summed E-state index contributed by atoms with van der Waals surface area (Å²) in [6, 6.07) is 13.8. The number of hydrogen-bond donors (Lipinski definition) is 0. The summed E-state index contributed by atoms with van der Waals surface area (Å²) in [5.41, 5.74) is 1.13. The summed E-state index contributed by atoms with van der Waals surface area (Å²) in [4.78, 5) is 14.7. The number of hydrogen-bond acceptors (Lipinski definition) is 5. The van der Waals surface area contributed by atoms with E-state index in [9.17, 15) is 4.79 Å². The minimum Gasteiger partial charge on any atom is -0.446 e. The Morgan fingerprint density at radius 1 is 1.18 bits per heavy atom. The van der Waals surface area contributed by atoms with E-state index >= 15 is 0 Å². The van der Waals surface area contributed by atoms with Crippen LogP contribution in [0, 0.1) is 0 Å². The van der Waals surface area contributed by atoms with Crippen LogP contribution < -0.4 is 0 Å². The molecule has 0 bridgehead atoms. The van der Waals surface area contributed by atoms with Gasteiger partial charge in [-0.15, -0.1) is 10.2 Å². The van der Waals surface area contributed by atoms with Gasteiger partial charge >= 0.3 is 0 Å². The van der Waals surface area contributed by atoms with Crippen molar-refractivity contribution in [3.8, 4) is 11.6 Å². The molecule has 1 fully saturated rings. The fourth-order valence-corrected chi connectivity index (χ4v) is 4.54. The molecule has 1 aromatic carbocycles. The van der Waals surface area contributed by atoms with Crippen molar-refractivity contribution in [2.75, 3.05) is 13.1 Å². The predicted octanol–water partition coefficient (Wildman–Crippen LogP) is 4.45. The lowest BCUT2D eigenvalue weighted by Crippen LogP contribution is -2.34. The molecule has 1 atom stereocenters. The number of thioether (sulfide) groups is 1. The third-order valence-electron chi connectivity index (χ3n) is 4.74. The SMILES string of the molecule is CC(Sc1nnc(-c2ccc(Br)o2)n1Cc1ccccc1)C(=O)N1CCCC1. The van der Waals surface area contributed by atoms with Gasteiger partial charge in [0.15, 0.2) is 15.6 Å². The van der Waals surface area contributed by atoms with Crippen molar-refractivity contribution >= 4 is 33.6 Å². The van der Waals surface area contributed by atoms with Gasteiger partial charge in [-0.2, -0.15) is 0 Å². The van der Waals surface area contributed by atoms with E-state index in [0.29, 0.717) is 28.0 Å². The van der Waals surface area contributed by atoms with Crippen LogP contribution in [0.25, 0.3) is 11.6 Å². The van der Waals surface area contributed by atoms with Crippen LogP contribution in [0.15, 0.2) is 56.7 Å². The number of rotatable bonds is 6. The Balaban J connectivity index is 1.62. The molecule has 2 aromatic heterocycles. The van der Waals surface area contributed by atoms with Crippen LogP contribution >= 0.6 is 27.7 Å². The highest BCUT2D eigenvalue weighted by Crippen LogP contribution is 2.30. The van der Waals surface area contributed by atoms with Crippen LogP contribution in [0.5, 0.6) is 0 Å². The number of nitrogens with zero attached hydrogens (tertiary/aromatic N) is 4. The lowest BCUT2D eigenvalue weighted by molar-refractivity contribution is -0.129. The molecule has 8 heteroatoms. The van der Waals surface area contributed by atoms with Gasteiger partial charge in [0.05, 0.1) is 11.8 Å². The third-order valence-corrected chi connectivity index (χ3v) is 6.24. The Labute approximate surface area is 176 Å². The van der Waals surface area contributed by atoms with Crippen molar-refractivity contribution in [3.05, 3.63) is 52.7 Å². The van der Waals surface area contributed by atoms with Gasteiger partial charge in [-0.25, -0.2) is 0 Å². The summed E-state index contributed by atoms with van der Waals surface area (Å²) in [7, 11) is 0. The molecule has 1 unspecified atom stereocenters. The van der Waals surface area contributed by atoms with E-state index in [1.54, 1.807) is 0 Å². The summed E-state index contributed by atoms with van der Waals surface area (Å²) >= 11 is 4.80. The second-order valence-corrected chi connectivity index (χ2v) is 8.86. The lowest BCUT2D eigenvalue weighted by atomic mass is 10.2. The molecule has 6 nitrogen and oxygen atoms in total. The topological polar surface area (TPSA) is 64.2 Å². The normalized spacial score (nSPS) is 15.1. The van der Waals surface area contributed by atoms with Crippen molar-refractivity contribution in [1.82, 2.24) is 19.7 Å². The van der Waals surface area contributed by atoms with Crippen LogP contribution in [0.2, 0.25) is 0 Å². The first-order chi connectivity index (χ1) is 13.6. The molecule has 1 amide bonds. The summed E-state index contributed by atoms with van der Waals surface area (Å²) in [5, 5.41) is 9.23. The van der Waals surface area contributed by atoms with Crippen molar-refractivity contribution in [2.45, 2.75) is 36.7 Å². The predicted molar refractivity (Wildman–Crippen MR) is 112 cm³/mol. The Bertz CT molecular complexity index is 950. The average Bonchev–Trinajstić information content (AvgIpc) is 3.44. The van der Waals surface area contributed by atoms with Gasteiger partial charge < -0.3 is 9.32 Å². The highest BCUT2D eigenvalue weighted by Gasteiger charge is 2.27. The van der Waals surface area contributed by atoms with E-state index in [2.05, 4.69) is 38.3 Å². The number of likely N-dealkylation sites (tertiary alicyclic amines) is 1. The summed E-state index contributed by atoms with van der Waals surface area (Å²) in [6.07, 6.45) is 2.18. The Kier molecular flexibility index (Phi) is 5.87. The Morgan fingerprint density at radius 2 is 1.93 bits per heavy atom. The highest BCUT2D eigenvalue weighted by atomic mass is 79.9. The molecule has 146 valence electrons. The monoisotopic (exact) mass is 460 g/mol. The largest absolute Gasteiger partial charge is 0.446 e. The molecule has 1 aliphatic rings. The van der Waals surface area contributed by atoms with E-state index in [1.807, 2.05) is 46.7 Å². The maximum atomic E-state index is 12.7. The maximum absolute atomic E-state index is 12.7. The van der Waals surface area contributed by atoms with Crippen LogP contribution in [0.4, 0.5) is 0 Å². The third kappa shape index (κ3) is 4.17. The first-order valence-corrected chi connectivity index (χ1v) is 11.0. The first-order valence-electron chi connectivity index (χ1n) is 9.30. The second kappa shape index (κ2) is 8.53. The molecular weight excluding hydrogens is 440 g/mol. The molecule has 0 radical (unpaired) electrons. The van der Waals surface area contributed by atoms with E-state index in [-0.39, 0.29) is 11.2 Å². The van der Waals surface area contributed by atoms with Gasteiger partial charge in [-0.1, -0.05) is 42.1 Å². The molecule has 1 saturated heterocycles. The Hall–Kier alpha value is -2.06. The highest BCUT2D eigenvalue weighted by molar-refractivity contribution is 9.10. The van der Waals surface area contributed by atoms with Gasteiger partial charge in [0, 0.05) is 13.1 Å². The molecule has 28 heavy (non-hydrogen) atoms. The molecule has 0 spiro atoms. The number of amides is 1. The zero-order valence-corrected chi connectivity index (χ0v) is 17.9. The molecule has 0 N–H and O–H groups in total. The summed E-state index contributed by atoms with van der Waals surface area (Å²) in [6.45, 7) is 4.25. The molecule has 3 heterocycles. The molecule has 1 aliphatic heterocycles. The maximum Gasteiger partial charge on any atom is 0.235 e. The number of aromatic nitrogens is 3. The molecular formula is C20H21BrN4O2S. The average molecular weight is 461 g/mol. The zero-order valence-electron chi connectivity index (χ0n) is 15.5. The van der Waals surface area contributed by atoms with E-state index in [0.717, 1.165) is 31.5 Å². The molecule has 4 rings (SSSR count). The smallest absolute Gasteiger partial charge is 0.235 e. The zero-order chi connectivity index (χ0) is 19.5. The molecule has 0 saturated carbocycles. The Morgan fingerprint density at radius 3 is 2.61 bits per heavy atom. The van der Waals surface area contributed by atoms with Gasteiger partial charge in [0.25, 0.3) is 0 Å². The van der Waals surface area contributed by atoms with Crippen LogP contribution in [-0.2, 0) is 11.3 Å². The first kappa shape index (κ1) is 19.3.